The highest BCUT2D eigenvalue weighted by Crippen LogP contribution is 2.40. The van der Waals surface area contributed by atoms with E-state index in [1.165, 1.54) is 12.4 Å². The highest BCUT2D eigenvalue weighted by Gasteiger charge is 2.28. The zero-order chi connectivity index (χ0) is 18.1. The summed E-state index contributed by atoms with van der Waals surface area (Å²) in [6.07, 6.45) is 2.87. The summed E-state index contributed by atoms with van der Waals surface area (Å²) in [5.74, 6) is 0.605. The summed E-state index contributed by atoms with van der Waals surface area (Å²) in [6.45, 7) is 4.61. The second kappa shape index (κ2) is 6.86. The molecular weight excluding hydrogens is 348 g/mol. The first-order chi connectivity index (χ1) is 12.7. The normalized spacial score (nSPS) is 14.3. The molecule has 6 nitrogen and oxygen atoms in total. The Labute approximate surface area is 154 Å². The van der Waals surface area contributed by atoms with Crippen LogP contribution >= 0.6 is 11.3 Å². The molecule has 1 aliphatic rings. The number of anilines is 1. The molecule has 0 spiro atoms. The van der Waals surface area contributed by atoms with Crippen LogP contribution in [-0.4, -0.2) is 32.5 Å². The molecule has 0 saturated heterocycles. The minimum atomic E-state index is -0.267. The first-order valence-electron chi connectivity index (χ1n) is 8.30. The molecule has 3 heterocycles. The van der Waals surface area contributed by atoms with Crippen LogP contribution in [0.25, 0.3) is 10.2 Å². The predicted octanol–water partition coefficient (Wildman–Crippen LogP) is 2.87. The van der Waals surface area contributed by atoms with Gasteiger partial charge in [-0.3, -0.25) is 4.79 Å². The van der Waals surface area contributed by atoms with Crippen LogP contribution in [-0.2, 0) is 17.9 Å². The average Bonchev–Trinajstić information content (AvgIpc) is 3.24. The van der Waals surface area contributed by atoms with Crippen LogP contribution in [0.15, 0.2) is 49.3 Å². The van der Waals surface area contributed by atoms with Crippen LogP contribution in [0, 0.1) is 0 Å². The number of fused-ring (bicyclic) bond motifs is 3. The van der Waals surface area contributed by atoms with Gasteiger partial charge in [0, 0.05) is 17.0 Å². The Morgan fingerprint density at radius 1 is 1.35 bits per heavy atom. The van der Waals surface area contributed by atoms with E-state index in [2.05, 4.69) is 21.9 Å². The van der Waals surface area contributed by atoms with Gasteiger partial charge in [0.25, 0.3) is 0 Å². The van der Waals surface area contributed by atoms with Crippen molar-refractivity contribution in [1.82, 2.24) is 14.9 Å². The maximum absolute atomic E-state index is 11.9. The number of hydrogen-bond donors (Lipinski definition) is 2. The summed E-state index contributed by atoms with van der Waals surface area (Å²) in [7, 11) is 0. The number of nitrogens with zero attached hydrogens (tertiary/aromatic N) is 3. The predicted molar refractivity (Wildman–Crippen MR) is 102 cm³/mol. The fourth-order valence-corrected chi connectivity index (χ4v) is 4.40. The van der Waals surface area contributed by atoms with E-state index < -0.39 is 0 Å². The van der Waals surface area contributed by atoms with Crippen molar-refractivity contribution in [2.75, 3.05) is 11.9 Å². The van der Waals surface area contributed by atoms with Crippen LogP contribution in [0.4, 0.5) is 5.82 Å². The smallest absolute Gasteiger partial charge is 0.246 e. The quantitative estimate of drug-likeness (QED) is 0.679. The van der Waals surface area contributed by atoms with E-state index in [1.54, 1.807) is 16.2 Å². The topological polar surface area (TPSA) is 78.4 Å². The van der Waals surface area contributed by atoms with Crippen molar-refractivity contribution < 1.29 is 9.90 Å². The molecule has 0 bridgehead atoms. The molecule has 1 atom stereocenters. The van der Waals surface area contributed by atoms with Crippen molar-refractivity contribution in [3.63, 3.8) is 0 Å². The van der Waals surface area contributed by atoms with Crippen LogP contribution in [0.2, 0.25) is 0 Å². The Bertz CT molecular complexity index is 970. The Hall–Kier alpha value is -2.77. The van der Waals surface area contributed by atoms with E-state index >= 15 is 0 Å². The Morgan fingerprint density at radius 2 is 2.15 bits per heavy atom. The van der Waals surface area contributed by atoms with Gasteiger partial charge in [-0.25, -0.2) is 9.97 Å². The van der Waals surface area contributed by atoms with E-state index in [0.29, 0.717) is 18.9 Å². The van der Waals surface area contributed by atoms with Gasteiger partial charge >= 0.3 is 0 Å². The van der Waals surface area contributed by atoms with Gasteiger partial charge in [0.2, 0.25) is 5.91 Å². The number of thiophene rings is 1. The van der Waals surface area contributed by atoms with Crippen molar-refractivity contribution >= 4 is 33.3 Å². The lowest BCUT2D eigenvalue weighted by Crippen LogP contribution is -2.23. The van der Waals surface area contributed by atoms with Crippen LogP contribution in [0.3, 0.4) is 0 Å². The second-order valence-electron chi connectivity index (χ2n) is 6.09. The van der Waals surface area contributed by atoms with Crippen LogP contribution in [0.1, 0.15) is 22.0 Å². The SMILES string of the molecule is C=CC(=O)N1Cc2sc3ncnc(N[C@H](CO)c4ccccc4)c3c2C1. The van der Waals surface area contributed by atoms with Gasteiger partial charge in [0.15, 0.2) is 0 Å². The highest BCUT2D eigenvalue weighted by molar-refractivity contribution is 7.19. The van der Waals surface area contributed by atoms with Gasteiger partial charge in [0.05, 0.1) is 24.6 Å². The van der Waals surface area contributed by atoms with E-state index in [1.807, 2.05) is 30.3 Å². The molecule has 0 aliphatic carbocycles. The fourth-order valence-electron chi connectivity index (χ4n) is 3.23. The van der Waals surface area contributed by atoms with Crippen molar-refractivity contribution in [3.8, 4) is 0 Å². The van der Waals surface area contributed by atoms with Gasteiger partial charge in [-0.05, 0) is 11.6 Å². The summed E-state index contributed by atoms with van der Waals surface area (Å²) in [6, 6.07) is 9.49. The number of aliphatic hydroxyl groups is 1. The molecule has 1 aliphatic heterocycles. The molecular formula is C19H18N4O2S. The number of nitrogens with one attached hydrogen (secondary N) is 1. The second-order valence-corrected chi connectivity index (χ2v) is 7.18. The number of aromatic nitrogens is 2. The minimum absolute atomic E-state index is 0.0527. The van der Waals surface area contributed by atoms with Crippen molar-refractivity contribution in [1.29, 1.82) is 0 Å². The zero-order valence-electron chi connectivity index (χ0n) is 14.1. The third-order valence-electron chi connectivity index (χ3n) is 4.54. The highest BCUT2D eigenvalue weighted by atomic mass is 32.1. The molecule has 0 fully saturated rings. The van der Waals surface area contributed by atoms with Crippen molar-refractivity contribution in [2.24, 2.45) is 0 Å². The molecule has 4 rings (SSSR count). The molecule has 0 radical (unpaired) electrons. The lowest BCUT2D eigenvalue weighted by molar-refractivity contribution is -0.126. The average molecular weight is 366 g/mol. The largest absolute Gasteiger partial charge is 0.394 e. The molecule has 2 aromatic heterocycles. The lowest BCUT2D eigenvalue weighted by Gasteiger charge is -2.18. The summed E-state index contributed by atoms with van der Waals surface area (Å²) >= 11 is 1.58. The Balaban J connectivity index is 1.71. The molecule has 2 N–H and O–H groups in total. The first-order valence-corrected chi connectivity index (χ1v) is 9.12. The summed E-state index contributed by atoms with van der Waals surface area (Å²) in [4.78, 5) is 24.5. The monoisotopic (exact) mass is 366 g/mol. The molecule has 0 saturated carbocycles. The number of hydrogen-bond acceptors (Lipinski definition) is 6. The lowest BCUT2D eigenvalue weighted by atomic mass is 10.1. The Morgan fingerprint density at radius 3 is 2.88 bits per heavy atom. The number of aliphatic hydroxyl groups excluding tert-OH is 1. The van der Waals surface area contributed by atoms with Gasteiger partial charge in [0.1, 0.15) is 17.0 Å². The molecule has 26 heavy (non-hydrogen) atoms. The van der Waals surface area contributed by atoms with Crippen LogP contribution < -0.4 is 5.32 Å². The van der Waals surface area contributed by atoms with Gasteiger partial charge in [-0.1, -0.05) is 36.9 Å². The maximum atomic E-state index is 11.9. The molecule has 132 valence electrons. The third kappa shape index (κ3) is 2.85. The molecule has 7 heteroatoms. The van der Waals surface area contributed by atoms with E-state index in [4.69, 9.17) is 0 Å². The summed E-state index contributed by atoms with van der Waals surface area (Å²) in [5, 5.41) is 14.1. The number of rotatable bonds is 5. The van der Waals surface area contributed by atoms with Gasteiger partial charge in [-0.2, -0.15) is 0 Å². The van der Waals surface area contributed by atoms with E-state index in [9.17, 15) is 9.90 Å². The molecule has 1 amide bonds. The standard InChI is InChI=1S/C19H18N4O2S/c1-2-16(25)23-8-13-15(9-23)26-19-17(13)18(20-11-21-19)22-14(10-24)12-6-4-3-5-7-12/h2-7,11,14,24H,1,8-10H2,(H,20,21,22)/t14-/m1/s1. The van der Waals surface area contributed by atoms with Crippen molar-refractivity contribution in [3.05, 3.63) is 65.3 Å². The van der Waals surface area contributed by atoms with Gasteiger partial charge < -0.3 is 15.3 Å². The minimum Gasteiger partial charge on any atom is -0.394 e. The number of carbonyl (C=O) groups excluding carboxylic acids is 1. The zero-order valence-corrected chi connectivity index (χ0v) is 14.9. The van der Waals surface area contributed by atoms with Gasteiger partial charge in [-0.15, -0.1) is 11.3 Å². The Kier molecular flexibility index (Phi) is 4.40. The number of amides is 1. The molecule has 1 aromatic carbocycles. The van der Waals surface area contributed by atoms with Crippen molar-refractivity contribution in [2.45, 2.75) is 19.1 Å². The number of carbonyl (C=O) groups is 1. The molecule has 3 aromatic rings. The summed E-state index contributed by atoms with van der Waals surface area (Å²) < 4.78 is 0. The van der Waals surface area contributed by atoms with Crippen LogP contribution in [0.5, 0.6) is 0 Å². The van der Waals surface area contributed by atoms with E-state index in [-0.39, 0.29) is 18.6 Å². The third-order valence-corrected chi connectivity index (χ3v) is 5.66. The first kappa shape index (κ1) is 16.7. The van der Waals surface area contributed by atoms with E-state index in [0.717, 1.165) is 26.2 Å². The number of benzene rings is 1. The maximum Gasteiger partial charge on any atom is 0.246 e. The summed E-state index contributed by atoms with van der Waals surface area (Å²) in [5.41, 5.74) is 2.06. The fraction of sp³-hybridized carbons (Fsp3) is 0.211. The molecule has 0 unspecified atom stereocenters.